The molecule has 0 radical (unpaired) electrons. The van der Waals surface area contributed by atoms with Gasteiger partial charge in [-0.05, 0) is 74.9 Å². The Morgan fingerprint density at radius 2 is 1.64 bits per heavy atom. The Morgan fingerprint density at radius 1 is 0.944 bits per heavy atom. The smallest absolute Gasteiger partial charge is 0.270 e. The van der Waals surface area contributed by atoms with Crippen LogP contribution in [0, 0.1) is 18.6 Å². The number of rotatable bonds is 6. The van der Waals surface area contributed by atoms with E-state index in [2.05, 4.69) is 11.0 Å². The van der Waals surface area contributed by atoms with Gasteiger partial charge in [-0.25, -0.2) is 8.78 Å². The highest BCUT2D eigenvalue weighted by Gasteiger charge is 2.31. The van der Waals surface area contributed by atoms with Crippen molar-refractivity contribution < 1.29 is 18.3 Å². The maximum Gasteiger partial charge on any atom is 0.270 e. The highest BCUT2D eigenvalue weighted by atomic mass is 19.1. The van der Waals surface area contributed by atoms with E-state index >= 15 is 0 Å². The van der Waals surface area contributed by atoms with Gasteiger partial charge in [0.1, 0.15) is 23.1 Å². The molecule has 2 heterocycles. The van der Waals surface area contributed by atoms with Gasteiger partial charge in [0.25, 0.3) is 5.91 Å². The van der Waals surface area contributed by atoms with Crippen LogP contribution >= 0.6 is 0 Å². The molecule has 1 amide bonds. The van der Waals surface area contributed by atoms with Crippen molar-refractivity contribution in [2.24, 2.45) is 0 Å². The number of carbonyl (C=O) groups excluding carboxylic acids is 1. The van der Waals surface area contributed by atoms with E-state index in [0.717, 1.165) is 48.4 Å². The number of aromatic nitrogens is 1. The van der Waals surface area contributed by atoms with Gasteiger partial charge < -0.3 is 19.1 Å². The quantitative estimate of drug-likeness (QED) is 0.464. The molecule has 3 aromatic rings. The van der Waals surface area contributed by atoms with Crippen LogP contribution in [0.3, 0.4) is 0 Å². The minimum Gasteiger partial charge on any atom is -0.492 e. The van der Waals surface area contributed by atoms with Gasteiger partial charge in [-0.3, -0.25) is 4.79 Å². The third-order valence-corrected chi connectivity index (χ3v) is 7.50. The van der Waals surface area contributed by atoms with Gasteiger partial charge in [-0.15, -0.1) is 0 Å². The lowest BCUT2D eigenvalue weighted by Crippen LogP contribution is -2.49. The molecule has 0 N–H and O–H groups in total. The minimum absolute atomic E-state index is 0.00674. The maximum atomic E-state index is 14.6. The van der Waals surface area contributed by atoms with E-state index < -0.39 is 11.6 Å². The highest BCUT2D eigenvalue weighted by Crippen LogP contribution is 2.33. The van der Waals surface area contributed by atoms with Crippen molar-refractivity contribution in [3.63, 3.8) is 0 Å². The van der Waals surface area contributed by atoms with Crippen molar-refractivity contribution in [3.05, 3.63) is 82.2 Å². The molecule has 1 saturated heterocycles. The molecule has 36 heavy (non-hydrogen) atoms. The Labute approximate surface area is 211 Å². The van der Waals surface area contributed by atoms with Crippen LogP contribution in [0.2, 0.25) is 0 Å². The summed E-state index contributed by atoms with van der Waals surface area (Å²) in [7, 11) is 0. The van der Waals surface area contributed by atoms with E-state index in [0.29, 0.717) is 38.5 Å². The summed E-state index contributed by atoms with van der Waals surface area (Å²) in [6.45, 7) is 7.11. The van der Waals surface area contributed by atoms with Crippen LogP contribution in [0.4, 0.5) is 14.5 Å². The Morgan fingerprint density at radius 3 is 2.36 bits per heavy atom. The number of nitrogens with zero attached hydrogens (tertiary/aromatic N) is 3. The Bertz CT molecular complexity index is 1240. The highest BCUT2D eigenvalue weighted by molar-refractivity contribution is 5.95. The summed E-state index contributed by atoms with van der Waals surface area (Å²) in [5, 5.41) is 0. The summed E-state index contributed by atoms with van der Waals surface area (Å²) in [6.07, 6.45) is 3.80. The van der Waals surface area contributed by atoms with Crippen LogP contribution in [-0.4, -0.2) is 48.2 Å². The number of fused-ring (bicyclic) bond motifs is 1. The molecule has 0 unspecified atom stereocenters. The predicted octanol–water partition coefficient (Wildman–Crippen LogP) is 5.36. The number of carbonyl (C=O) groups is 1. The zero-order valence-electron chi connectivity index (χ0n) is 21.0. The molecule has 0 spiro atoms. The average Bonchev–Trinajstić information content (AvgIpc) is 3.18. The lowest BCUT2D eigenvalue weighted by atomic mass is 9.95. The summed E-state index contributed by atoms with van der Waals surface area (Å²) in [6, 6.07) is 11.9. The first-order chi connectivity index (χ1) is 17.5. The Balaban J connectivity index is 1.42. The summed E-state index contributed by atoms with van der Waals surface area (Å²) >= 11 is 0. The van der Waals surface area contributed by atoms with Crippen LogP contribution in [-0.2, 0) is 19.4 Å². The van der Waals surface area contributed by atoms with Gasteiger partial charge >= 0.3 is 0 Å². The molecule has 7 heteroatoms. The molecule has 0 saturated carbocycles. The lowest BCUT2D eigenvalue weighted by molar-refractivity contribution is 0.0735. The summed E-state index contributed by atoms with van der Waals surface area (Å²) < 4.78 is 36.9. The molecule has 2 aliphatic rings. The number of hydrogen-bond donors (Lipinski definition) is 0. The van der Waals surface area contributed by atoms with Gasteiger partial charge in [-0.2, -0.15) is 0 Å². The minimum atomic E-state index is -0.578. The van der Waals surface area contributed by atoms with Crippen molar-refractivity contribution in [1.29, 1.82) is 0 Å². The number of piperazine rings is 1. The lowest BCUT2D eigenvalue weighted by Gasteiger charge is -2.37. The van der Waals surface area contributed by atoms with Crippen molar-refractivity contribution >= 4 is 11.6 Å². The molecule has 5 nitrogen and oxygen atoms in total. The van der Waals surface area contributed by atoms with Gasteiger partial charge in [0.05, 0.1) is 18.8 Å². The first kappa shape index (κ1) is 24.3. The van der Waals surface area contributed by atoms with Crippen LogP contribution in [0.5, 0.6) is 5.75 Å². The second kappa shape index (κ2) is 10.3. The van der Waals surface area contributed by atoms with E-state index in [1.165, 1.54) is 23.8 Å². The van der Waals surface area contributed by atoms with E-state index in [4.69, 9.17) is 4.74 Å². The van der Waals surface area contributed by atoms with Crippen LogP contribution < -0.4 is 9.64 Å². The molecule has 190 valence electrons. The number of anilines is 1. The fourth-order valence-electron chi connectivity index (χ4n) is 5.66. The number of benzene rings is 2. The number of halogens is 2. The van der Waals surface area contributed by atoms with Crippen molar-refractivity contribution in [1.82, 2.24) is 9.47 Å². The van der Waals surface area contributed by atoms with Crippen molar-refractivity contribution in [2.75, 3.05) is 37.7 Å². The number of ether oxygens (including phenoxy) is 1. The normalized spacial score (nSPS) is 15.7. The topological polar surface area (TPSA) is 37.7 Å². The summed E-state index contributed by atoms with van der Waals surface area (Å²) in [5.74, 6) is -0.364. The molecule has 1 aromatic heterocycles. The molecular weight excluding hydrogens is 460 g/mol. The number of hydrogen-bond acceptors (Lipinski definition) is 3. The molecule has 5 rings (SSSR count). The molecule has 0 bridgehead atoms. The van der Waals surface area contributed by atoms with Gasteiger partial charge in [0.2, 0.25) is 0 Å². The predicted molar refractivity (Wildman–Crippen MR) is 137 cm³/mol. The van der Waals surface area contributed by atoms with Gasteiger partial charge in [0.15, 0.2) is 0 Å². The number of amides is 1. The molecule has 0 atom stereocenters. The number of para-hydroxylation sites is 2. The molecule has 2 aromatic carbocycles. The summed E-state index contributed by atoms with van der Waals surface area (Å²) in [5.41, 5.74) is 4.80. The Hall–Kier alpha value is -3.35. The monoisotopic (exact) mass is 493 g/mol. The second-order valence-corrected chi connectivity index (χ2v) is 9.57. The maximum absolute atomic E-state index is 14.6. The van der Waals surface area contributed by atoms with Gasteiger partial charge in [-0.1, -0.05) is 18.2 Å². The zero-order valence-corrected chi connectivity index (χ0v) is 21.0. The standard InChI is InChI=1S/C29H33F2N3O2/c1-3-36-27-14-7-6-13-26(27)32-15-17-33(18-16-32)29(35)28-20(2)21-9-4-5-12-25(21)34(28)19-22-23(30)10-8-11-24(22)31/h6-8,10-11,13-14H,3-5,9,12,15-19H2,1-2H3. The molecule has 1 fully saturated rings. The molecule has 1 aliphatic carbocycles. The fourth-order valence-corrected chi connectivity index (χ4v) is 5.66. The van der Waals surface area contributed by atoms with E-state index in [1.54, 1.807) is 0 Å². The van der Waals surface area contributed by atoms with Crippen molar-refractivity contribution in [2.45, 2.75) is 46.1 Å². The SMILES string of the molecule is CCOc1ccccc1N1CCN(C(=O)c2c(C)c3c(n2Cc2c(F)cccc2F)CCCC3)CC1. The third-order valence-electron chi connectivity index (χ3n) is 7.50. The van der Waals surface area contributed by atoms with Gasteiger partial charge in [0, 0.05) is 37.4 Å². The third kappa shape index (κ3) is 4.47. The van der Waals surface area contributed by atoms with E-state index in [1.807, 2.05) is 41.5 Å². The van der Waals surface area contributed by atoms with E-state index in [9.17, 15) is 13.6 Å². The van der Waals surface area contributed by atoms with Crippen LogP contribution in [0.15, 0.2) is 42.5 Å². The average molecular weight is 494 g/mol. The van der Waals surface area contributed by atoms with Crippen molar-refractivity contribution in [3.8, 4) is 5.75 Å². The first-order valence-corrected chi connectivity index (χ1v) is 12.9. The molecular formula is C29H33F2N3O2. The summed E-state index contributed by atoms with van der Waals surface area (Å²) in [4.78, 5) is 18.0. The second-order valence-electron chi connectivity index (χ2n) is 9.57. The van der Waals surface area contributed by atoms with Crippen LogP contribution in [0.25, 0.3) is 0 Å². The molecule has 1 aliphatic heterocycles. The Kier molecular flexibility index (Phi) is 6.99. The zero-order chi connectivity index (χ0) is 25.2. The van der Waals surface area contributed by atoms with Crippen LogP contribution in [0.1, 0.15) is 52.6 Å². The first-order valence-electron chi connectivity index (χ1n) is 12.9. The van der Waals surface area contributed by atoms with E-state index in [-0.39, 0.29) is 18.0 Å². The fraction of sp³-hybridized carbons (Fsp3) is 0.414. The largest absolute Gasteiger partial charge is 0.492 e.